The molecule has 2 rings (SSSR count). The highest BCUT2D eigenvalue weighted by Crippen LogP contribution is 2.25. The number of aryl methyl sites for hydroxylation is 1. The van der Waals surface area contributed by atoms with Crippen molar-refractivity contribution in [2.24, 2.45) is 0 Å². The molecule has 0 radical (unpaired) electrons. The predicted octanol–water partition coefficient (Wildman–Crippen LogP) is 0.578. The first-order chi connectivity index (χ1) is 9.23. The van der Waals surface area contributed by atoms with Gasteiger partial charge in [-0.2, -0.15) is 0 Å². The van der Waals surface area contributed by atoms with Crippen molar-refractivity contribution in [2.75, 3.05) is 6.54 Å². The Balaban J connectivity index is 2.43. The average Bonchev–Trinajstić information content (AvgIpc) is 2.36. The van der Waals surface area contributed by atoms with Crippen LogP contribution in [-0.4, -0.2) is 39.8 Å². The Hall–Kier alpha value is -2.37. The Morgan fingerprint density at radius 3 is 2.65 bits per heavy atom. The van der Waals surface area contributed by atoms with Gasteiger partial charge in [-0.05, 0) is 32.9 Å². The topological polar surface area (TPSA) is 86.7 Å². The fraction of sp³-hybridized carbons (Fsp3) is 0.357. The molecule has 0 bridgehead atoms. The molecule has 1 saturated heterocycles. The van der Waals surface area contributed by atoms with Crippen molar-refractivity contribution in [1.29, 1.82) is 0 Å². The molecule has 1 aliphatic rings. The zero-order chi connectivity index (χ0) is 15.1. The zero-order valence-corrected chi connectivity index (χ0v) is 11.6. The Morgan fingerprint density at radius 2 is 2.00 bits per heavy atom. The van der Waals surface area contributed by atoms with Gasteiger partial charge in [0.15, 0.2) is 0 Å². The monoisotopic (exact) mass is 276 g/mol. The van der Waals surface area contributed by atoms with E-state index in [1.165, 1.54) is 17.0 Å². The minimum atomic E-state index is -1.15. The van der Waals surface area contributed by atoms with E-state index in [0.717, 1.165) is 5.56 Å². The van der Waals surface area contributed by atoms with Gasteiger partial charge < -0.3 is 10.0 Å². The fourth-order valence-corrected chi connectivity index (χ4v) is 2.08. The molecule has 6 heteroatoms. The standard InChI is InChI=1S/C14H16N2O4/c1-8-4-5-10(17)9(6-8)12(19)16-7-11(18)15-13(20)14(16,2)3/h4-6,17H,7H2,1-3H3,(H,15,18,20). The number of piperazine rings is 1. The van der Waals surface area contributed by atoms with Gasteiger partial charge in [0.1, 0.15) is 17.8 Å². The summed E-state index contributed by atoms with van der Waals surface area (Å²) in [6.45, 7) is 4.68. The van der Waals surface area contributed by atoms with Crippen LogP contribution in [0, 0.1) is 6.92 Å². The van der Waals surface area contributed by atoms with Crippen LogP contribution in [0.15, 0.2) is 18.2 Å². The normalized spacial score (nSPS) is 17.9. The summed E-state index contributed by atoms with van der Waals surface area (Å²) in [5, 5.41) is 12.0. The quantitative estimate of drug-likeness (QED) is 0.734. The van der Waals surface area contributed by atoms with Crippen molar-refractivity contribution in [2.45, 2.75) is 26.3 Å². The summed E-state index contributed by atoms with van der Waals surface area (Å²) in [5.74, 6) is -1.78. The largest absolute Gasteiger partial charge is 0.507 e. The van der Waals surface area contributed by atoms with Gasteiger partial charge in [-0.3, -0.25) is 19.7 Å². The average molecular weight is 276 g/mol. The molecule has 0 spiro atoms. The van der Waals surface area contributed by atoms with E-state index in [9.17, 15) is 19.5 Å². The molecule has 0 saturated carbocycles. The van der Waals surface area contributed by atoms with E-state index < -0.39 is 23.3 Å². The summed E-state index contributed by atoms with van der Waals surface area (Å²) in [6, 6.07) is 4.62. The first kappa shape index (κ1) is 14.0. The van der Waals surface area contributed by atoms with Crippen LogP contribution < -0.4 is 5.32 Å². The summed E-state index contributed by atoms with van der Waals surface area (Å²) in [6.07, 6.45) is 0. The number of carbonyl (C=O) groups excluding carboxylic acids is 3. The molecule has 1 aliphatic heterocycles. The van der Waals surface area contributed by atoms with E-state index in [4.69, 9.17) is 0 Å². The lowest BCUT2D eigenvalue weighted by Gasteiger charge is -2.40. The second-order valence-electron chi connectivity index (χ2n) is 5.35. The van der Waals surface area contributed by atoms with Crippen LogP contribution in [0.3, 0.4) is 0 Å². The van der Waals surface area contributed by atoms with Crippen LogP contribution in [-0.2, 0) is 9.59 Å². The number of aromatic hydroxyl groups is 1. The third-order valence-electron chi connectivity index (χ3n) is 3.41. The molecule has 0 aliphatic carbocycles. The summed E-state index contributed by atoms with van der Waals surface area (Å²) < 4.78 is 0. The van der Waals surface area contributed by atoms with Gasteiger partial charge in [-0.25, -0.2) is 0 Å². The van der Waals surface area contributed by atoms with Crippen LogP contribution in [0.5, 0.6) is 5.75 Å². The van der Waals surface area contributed by atoms with Gasteiger partial charge in [0.25, 0.3) is 11.8 Å². The highest BCUT2D eigenvalue weighted by molar-refractivity contribution is 6.09. The number of carbonyl (C=O) groups is 3. The minimum absolute atomic E-state index is 0.0839. The number of rotatable bonds is 1. The molecule has 2 N–H and O–H groups in total. The molecule has 6 nitrogen and oxygen atoms in total. The molecule has 1 heterocycles. The Labute approximate surface area is 116 Å². The fourth-order valence-electron chi connectivity index (χ4n) is 2.08. The molecule has 3 amide bonds. The number of nitrogens with zero attached hydrogens (tertiary/aromatic N) is 1. The maximum absolute atomic E-state index is 12.5. The molecule has 1 aromatic carbocycles. The van der Waals surface area contributed by atoms with Crippen molar-refractivity contribution >= 4 is 17.7 Å². The molecular formula is C14H16N2O4. The van der Waals surface area contributed by atoms with E-state index in [2.05, 4.69) is 5.32 Å². The van der Waals surface area contributed by atoms with E-state index in [1.54, 1.807) is 26.8 Å². The first-order valence-corrected chi connectivity index (χ1v) is 6.19. The summed E-state index contributed by atoms with van der Waals surface area (Å²) >= 11 is 0. The van der Waals surface area contributed by atoms with Gasteiger partial charge in [0.05, 0.1) is 5.56 Å². The summed E-state index contributed by atoms with van der Waals surface area (Å²) in [7, 11) is 0. The Bertz CT molecular complexity index is 607. The highest BCUT2D eigenvalue weighted by Gasteiger charge is 2.44. The number of hydrogen-bond donors (Lipinski definition) is 2. The first-order valence-electron chi connectivity index (χ1n) is 6.19. The van der Waals surface area contributed by atoms with E-state index >= 15 is 0 Å². The molecule has 106 valence electrons. The highest BCUT2D eigenvalue weighted by atomic mass is 16.3. The van der Waals surface area contributed by atoms with Gasteiger partial charge in [0.2, 0.25) is 5.91 Å². The van der Waals surface area contributed by atoms with Crippen molar-refractivity contribution in [3.8, 4) is 5.75 Å². The number of phenolic OH excluding ortho intramolecular Hbond substituents is 1. The smallest absolute Gasteiger partial charge is 0.258 e. The van der Waals surface area contributed by atoms with Gasteiger partial charge in [0, 0.05) is 0 Å². The van der Waals surface area contributed by atoms with E-state index in [1.807, 2.05) is 0 Å². The van der Waals surface area contributed by atoms with Crippen molar-refractivity contribution in [3.63, 3.8) is 0 Å². The number of phenols is 1. The molecule has 1 aromatic rings. The maximum atomic E-state index is 12.5. The van der Waals surface area contributed by atoms with Crippen molar-refractivity contribution in [1.82, 2.24) is 10.2 Å². The predicted molar refractivity (Wildman–Crippen MR) is 71.1 cm³/mol. The van der Waals surface area contributed by atoms with Crippen LogP contribution >= 0.6 is 0 Å². The Kier molecular flexibility index (Phi) is 3.25. The number of imide groups is 1. The van der Waals surface area contributed by atoms with Crippen LogP contribution in [0.2, 0.25) is 0 Å². The SMILES string of the molecule is Cc1ccc(O)c(C(=O)N2CC(=O)NC(=O)C2(C)C)c1. The lowest BCUT2D eigenvalue weighted by molar-refractivity contribution is -0.143. The van der Waals surface area contributed by atoms with Crippen LogP contribution in [0.25, 0.3) is 0 Å². The number of nitrogens with one attached hydrogen (secondary N) is 1. The molecule has 1 fully saturated rings. The van der Waals surface area contributed by atoms with E-state index in [0.29, 0.717) is 0 Å². The Morgan fingerprint density at radius 1 is 1.35 bits per heavy atom. The molecular weight excluding hydrogens is 260 g/mol. The second kappa shape index (κ2) is 4.63. The minimum Gasteiger partial charge on any atom is -0.507 e. The van der Waals surface area contributed by atoms with Crippen LogP contribution in [0.4, 0.5) is 0 Å². The third kappa shape index (κ3) is 2.24. The number of benzene rings is 1. The lowest BCUT2D eigenvalue weighted by atomic mass is 9.97. The number of amides is 3. The van der Waals surface area contributed by atoms with Gasteiger partial charge in [-0.1, -0.05) is 11.6 Å². The number of hydrogen-bond acceptors (Lipinski definition) is 4. The second-order valence-corrected chi connectivity index (χ2v) is 5.35. The summed E-state index contributed by atoms with van der Waals surface area (Å²) in [5.41, 5.74) is -0.265. The lowest BCUT2D eigenvalue weighted by Crippen LogP contribution is -2.65. The molecule has 0 aromatic heterocycles. The third-order valence-corrected chi connectivity index (χ3v) is 3.41. The van der Waals surface area contributed by atoms with Crippen molar-refractivity contribution < 1.29 is 19.5 Å². The molecule has 20 heavy (non-hydrogen) atoms. The van der Waals surface area contributed by atoms with Gasteiger partial charge >= 0.3 is 0 Å². The molecule has 0 unspecified atom stereocenters. The van der Waals surface area contributed by atoms with Gasteiger partial charge in [-0.15, -0.1) is 0 Å². The van der Waals surface area contributed by atoms with Crippen molar-refractivity contribution in [3.05, 3.63) is 29.3 Å². The summed E-state index contributed by atoms with van der Waals surface area (Å²) in [4.78, 5) is 37.0. The van der Waals surface area contributed by atoms with Crippen LogP contribution in [0.1, 0.15) is 29.8 Å². The zero-order valence-electron chi connectivity index (χ0n) is 11.6. The molecule has 0 atom stereocenters. The maximum Gasteiger partial charge on any atom is 0.258 e. The van der Waals surface area contributed by atoms with E-state index in [-0.39, 0.29) is 17.9 Å².